The lowest BCUT2D eigenvalue weighted by atomic mass is 10.0. The Morgan fingerprint density at radius 2 is 1.75 bits per heavy atom. The molecule has 0 atom stereocenters. The van der Waals surface area contributed by atoms with Crippen LogP contribution in [-0.4, -0.2) is 26.1 Å². The highest BCUT2D eigenvalue weighted by atomic mass is 79.9. The van der Waals surface area contributed by atoms with Crippen LogP contribution < -0.4 is 10.1 Å². The maximum absolute atomic E-state index is 12.9. The molecule has 0 aliphatic rings. The second-order valence-electron chi connectivity index (χ2n) is 6.63. The smallest absolute Gasteiger partial charge is 0.341 e. The van der Waals surface area contributed by atoms with Crippen molar-refractivity contribution in [1.82, 2.24) is 0 Å². The van der Waals surface area contributed by atoms with Crippen molar-refractivity contribution in [2.24, 2.45) is 0 Å². The standard InChI is InChI=1S/C24H19BrN2O4S/c1-14-20(16-6-8-18(25)9-7-16)21(24(29)31-3)23(32-14)27-22(28)17(13-26)12-15-4-10-19(30-2)11-5-15/h4-12H,1-3H3,(H,27,28)/b17-12+. The van der Waals surface area contributed by atoms with E-state index >= 15 is 0 Å². The van der Waals surface area contributed by atoms with E-state index in [1.165, 1.54) is 24.5 Å². The zero-order chi connectivity index (χ0) is 23.3. The number of benzene rings is 2. The fraction of sp³-hybridized carbons (Fsp3) is 0.125. The van der Waals surface area contributed by atoms with Crippen LogP contribution in [0.3, 0.4) is 0 Å². The minimum absolute atomic E-state index is 0.0952. The fourth-order valence-corrected chi connectivity index (χ4v) is 4.40. The van der Waals surface area contributed by atoms with E-state index in [0.717, 1.165) is 14.9 Å². The molecule has 0 radical (unpaired) electrons. The van der Waals surface area contributed by atoms with Gasteiger partial charge in [-0.3, -0.25) is 4.79 Å². The molecule has 0 spiro atoms. The number of halogens is 1. The van der Waals surface area contributed by atoms with E-state index in [1.54, 1.807) is 31.4 Å². The van der Waals surface area contributed by atoms with Gasteiger partial charge in [0.1, 0.15) is 28.0 Å². The SMILES string of the molecule is COC(=O)c1c(NC(=O)/C(C#N)=C/c2ccc(OC)cc2)sc(C)c1-c1ccc(Br)cc1. The van der Waals surface area contributed by atoms with Gasteiger partial charge >= 0.3 is 5.97 Å². The summed E-state index contributed by atoms with van der Waals surface area (Å²) in [7, 11) is 2.85. The van der Waals surface area contributed by atoms with Crippen molar-refractivity contribution in [3.8, 4) is 22.9 Å². The van der Waals surface area contributed by atoms with E-state index < -0.39 is 11.9 Å². The largest absolute Gasteiger partial charge is 0.497 e. The van der Waals surface area contributed by atoms with Crippen molar-refractivity contribution in [3.63, 3.8) is 0 Å². The highest BCUT2D eigenvalue weighted by Gasteiger charge is 2.25. The molecule has 1 N–H and O–H groups in total. The first kappa shape index (κ1) is 23.3. The summed E-state index contributed by atoms with van der Waals surface area (Å²) in [6.07, 6.45) is 1.47. The molecule has 1 heterocycles. The first-order valence-corrected chi connectivity index (χ1v) is 11.0. The van der Waals surface area contributed by atoms with Crippen molar-refractivity contribution in [1.29, 1.82) is 5.26 Å². The summed E-state index contributed by atoms with van der Waals surface area (Å²) in [4.78, 5) is 26.3. The normalized spacial score (nSPS) is 10.9. The number of hydrogen-bond acceptors (Lipinski definition) is 6. The van der Waals surface area contributed by atoms with Crippen LogP contribution in [0.2, 0.25) is 0 Å². The van der Waals surface area contributed by atoms with Crippen LogP contribution >= 0.6 is 27.3 Å². The quantitative estimate of drug-likeness (QED) is 0.256. The number of rotatable bonds is 6. The van der Waals surface area contributed by atoms with Crippen molar-refractivity contribution in [2.75, 3.05) is 19.5 Å². The molecule has 6 nitrogen and oxygen atoms in total. The molecule has 8 heteroatoms. The first-order valence-electron chi connectivity index (χ1n) is 9.42. The molecule has 0 aliphatic heterocycles. The number of anilines is 1. The van der Waals surface area contributed by atoms with Crippen LogP contribution in [0.1, 0.15) is 20.8 Å². The summed E-state index contributed by atoms with van der Waals surface area (Å²) in [5.74, 6) is -0.514. The molecule has 0 bridgehead atoms. The lowest BCUT2D eigenvalue weighted by Gasteiger charge is -2.08. The molecule has 0 saturated carbocycles. The number of nitrogens with one attached hydrogen (secondary N) is 1. The van der Waals surface area contributed by atoms with Crippen molar-refractivity contribution in [2.45, 2.75) is 6.92 Å². The average molecular weight is 511 g/mol. The Kier molecular flexibility index (Phi) is 7.46. The van der Waals surface area contributed by atoms with Crippen LogP contribution in [-0.2, 0) is 9.53 Å². The number of esters is 1. The number of methoxy groups -OCH3 is 2. The number of nitrogens with zero attached hydrogens (tertiary/aromatic N) is 1. The Morgan fingerprint density at radius 1 is 1.09 bits per heavy atom. The summed E-state index contributed by atoms with van der Waals surface area (Å²) in [5, 5.41) is 12.6. The minimum Gasteiger partial charge on any atom is -0.497 e. The van der Waals surface area contributed by atoms with Gasteiger partial charge in [-0.25, -0.2) is 4.79 Å². The van der Waals surface area contributed by atoms with Crippen LogP contribution in [0.4, 0.5) is 5.00 Å². The van der Waals surface area contributed by atoms with Gasteiger partial charge in [0, 0.05) is 14.9 Å². The Morgan fingerprint density at radius 3 is 2.31 bits per heavy atom. The van der Waals surface area contributed by atoms with Crippen LogP contribution in [0.15, 0.2) is 58.6 Å². The molecule has 1 amide bonds. The van der Waals surface area contributed by atoms with Gasteiger partial charge in [-0.2, -0.15) is 5.26 Å². The summed E-state index contributed by atoms with van der Waals surface area (Å²) in [6, 6.07) is 16.4. The summed E-state index contributed by atoms with van der Waals surface area (Å²) < 4.78 is 11.0. The van der Waals surface area contributed by atoms with Gasteiger partial charge in [-0.1, -0.05) is 40.2 Å². The second kappa shape index (κ2) is 10.3. The van der Waals surface area contributed by atoms with Crippen LogP contribution in [0, 0.1) is 18.3 Å². The van der Waals surface area contributed by atoms with Crippen LogP contribution in [0.5, 0.6) is 5.75 Å². The van der Waals surface area contributed by atoms with Gasteiger partial charge < -0.3 is 14.8 Å². The third-order valence-electron chi connectivity index (χ3n) is 4.63. The lowest BCUT2D eigenvalue weighted by molar-refractivity contribution is -0.112. The van der Waals surface area contributed by atoms with E-state index in [9.17, 15) is 14.9 Å². The molecule has 0 saturated heterocycles. The van der Waals surface area contributed by atoms with Gasteiger partial charge in [-0.15, -0.1) is 11.3 Å². The second-order valence-corrected chi connectivity index (χ2v) is 8.77. The number of carbonyl (C=O) groups excluding carboxylic acids is 2. The van der Waals surface area contributed by atoms with Gasteiger partial charge in [0.15, 0.2) is 0 Å². The number of hydrogen-bond donors (Lipinski definition) is 1. The highest BCUT2D eigenvalue weighted by Crippen LogP contribution is 2.40. The number of nitriles is 1. The highest BCUT2D eigenvalue weighted by molar-refractivity contribution is 9.10. The summed E-state index contributed by atoms with van der Waals surface area (Å²) in [6.45, 7) is 1.86. The Balaban J connectivity index is 1.98. The molecular weight excluding hydrogens is 492 g/mol. The number of thiophene rings is 1. The zero-order valence-electron chi connectivity index (χ0n) is 17.6. The molecule has 3 aromatic rings. The number of amides is 1. The zero-order valence-corrected chi connectivity index (χ0v) is 20.0. The maximum atomic E-state index is 12.9. The average Bonchev–Trinajstić information content (AvgIpc) is 3.13. The third-order valence-corrected chi connectivity index (χ3v) is 6.17. The topological polar surface area (TPSA) is 88.4 Å². The Labute approximate surface area is 198 Å². The molecule has 1 aromatic heterocycles. The van der Waals surface area contributed by atoms with Crippen molar-refractivity contribution < 1.29 is 19.1 Å². The number of carbonyl (C=O) groups is 2. The summed E-state index contributed by atoms with van der Waals surface area (Å²) >= 11 is 4.66. The molecule has 32 heavy (non-hydrogen) atoms. The molecule has 162 valence electrons. The first-order chi connectivity index (χ1) is 15.4. The molecular formula is C24H19BrN2O4S. The van der Waals surface area contributed by atoms with Gasteiger partial charge in [0.05, 0.1) is 14.2 Å². The molecule has 0 fully saturated rings. The van der Waals surface area contributed by atoms with E-state index in [1.807, 2.05) is 37.3 Å². The van der Waals surface area contributed by atoms with Crippen molar-refractivity contribution >= 4 is 50.2 Å². The summed E-state index contributed by atoms with van der Waals surface area (Å²) in [5.41, 5.74) is 2.33. The number of aryl methyl sites for hydroxylation is 1. The van der Waals surface area contributed by atoms with E-state index in [-0.39, 0.29) is 11.1 Å². The van der Waals surface area contributed by atoms with E-state index in [0.29, 0.717) is 21.9 Å². The van der Waals surface area contributed by atoms with Gasteiger partial charge in [-0.05, 0) is 48.4 Å². The minimum atomic E-state index is -0.614. The van der Waals surface area contributed by atoms with Gasteiger partial charge in [0.2, 0.25) is 0 Å². The lowest BCUT2D eigenvalue weighted by Crippen LogP contribution is -2.15. The van der Waals surface area contributed by atoms with Crippen molar-refractivity contribution in [3.05, 3.63) is 74.6 Å². The fourth-order valence-electron chi connectivity index (χ4n) is 3.08. The number of ether oxygens (including phenoxy) is 2. The third kappa shape index (κ3) is 5.07. The molecule has 0 unspecified atom stereocenters. The monoisotopic (exact) mass is 510 g/mol. The Bertz CT molecular complexity index is 1220. The molecule has 0 aliphatic carbocycles. The van der Waals surface area contributed by atoms with E-state index in [2.05, 4.69) is 21.2 Å². The molecule has 3 rings (SSSR count). The Hall–Kier alpha value is -3.41. The maximum Gasteiger partial charge on any atom is 0.341 e. The van der Waals surface area contributed by atoms with Crippen LogP contribution in [0.25, 0.3) is 17.2 Å². The predicted molar refractivity (Wildman–Crippen MR) is 129 cm³/mol. The van der Waals surface area contributed by atoms with Gasteiger partial charge in [0.25, 0.3) is 5.91 Å². The van der Waals surface area contributed by atoms with E-state index in [4.69, 9.17) is 9.47 Å². The predicted octanol–water partition coefficient (Wildman–Crippen LogP) is 5.83. The molecule has 2 aromatic carbocycles.